The van der Waals surface area contributed by atoms with E-state index in [1.165, 1.54) is 10.6 Å². The number of thiazole rings is 1. The van der Waals surface area contributed by atoms with E-state index in [0.717, 1.165) is 45.5 Å². The number of rotatable bonds is 3. The molecule has 22 heavy (non-hydrogen) atoms. The molecule has 4 rings (SSSR count). The predicted octanol–water partition coefficient (Wildman–Crippen LogP) is 3.08. The van der Waals surface area contributed by atoms with Gasteiger partial charge < -0.3 is 4.74 Å². The lowest BCUT2D eigenvalue weighted by Crippen LogP contribution is -2.43. The Morgan fingerprint density at radius 2 is 2.23 bits per heavy atom. The second kappa shape index (κ2) is 6.07. The van der Waals surface area contributed by atoms with Gasteiger partial charge in [-0.1, -0.05) is 6.07 Å². The molecule has 0 aromatic carbocycles. The quantitative estimate of drug-likeness (QED) is 0.872. The molecule has 4 nitrogen and oxygen atoms in total. The van der Waals surface area contributed by atoms with E-state index in [1.807, 2.05) is 24.7 Å². The smallest absolute Gasteiger partial charge is 0.107 e. The van der Waals surface area contributed by atoms with Gasteiger partial charge in [0.15, 0.2) is 0 Å². The molecule has 5 heteroatoms. The Bertz CT molecular complexity index is 594. The van der Waals surface area contributed by atoms with E-state index in [9.17, 15) is 0 Å². The van der Waals surface area contributed by atoms with E-state index in [1.54, 1.807) is 11.3 Å². The molecule has 0 saturated carbocycles. The number of likely N-dealkylation sites (tertiary alicyclic amines) is 1. The van der Waals surface area contributed by atoms with Gasteiger partial charge in [0.1, 0.15) is 5.01 Å². The van der Waals surface area contributed by atoms with Gasteiger partial charge in [-0.2, -0.15) is 0 Å². The standard InChI is InChI=1S/C17H21N3OS/c1-2-14(11-18-5-1)15-10-17(21-13-15)3-7-20(8-4-17)12-16-19-6-9-22-16/h1-2,5-6,9,11,15H,3-4,7-8,10,12-13H2. The van der Waals surface area contributed by atoms with Crippen LogP contribution >= 0.6 is 11.3 Å². The molecule has 2 aromatic rings. The first kappa shape index (κ1) is 14.3. The Hall–Kier alpha value is -1.30. The molecular formula is C17H21N3OS. The maximum Gasteiger partial charge on any atom is 0.107 e. The van der Waals surface area contributed by atoms with Gasteiger partial charge in [0, 0.05) is 43.0 Å². The van der Waals surface area contributed by atoms with Crippen molar-refractivity contribution in [2.24, 2.45) is 0 Å². The van der Waals surface area contributed by atoms with E-state index < -0.39 is 0 Å². The van der Waals surface area contributed by atoms with Gasteiger partial charge in [-0.05, 0) is 30.9 Å². The molecule has 2 aliphatic rings. The van der Waals surface area contributed by atoms with E-state index >= 15 is 0 Å². The Morgan fingerprint density at radius 1 is 1.32 bits per heavy atom. The average molecular weight is 315 g/mol. The molecule has 2 saturated heterocycles. The minimum Gasteiger partial charge on any atom is -0.374 e. The molecule has 2 fully saturated rings. The topological polar surface area (TPSA) is 38.2 Å². The number of nitrogens with zero attached hydrogens (tertiary/aromatic N) is 3. The van der Waals surface area contributed by atoms with E-state index in [-0.39, 0.29) is 5.60 Å². The fourth-order valence-electron chi connectivity index (χ4n) is 3.67. The van der Waals surface area contributed by atoms with E-state index in [0.29, 0.717) is 5.92 Å². The molecular weight excluding hydrogens is 294 g/mol. The number of aromatic nitrogens is 2. The summed E-state index contributed by atoms with van der Waals surface area (Å²) in [5.74, 6) is 0.513. The molecule has 1 atom stereocenters. The van der Waals surface area contributed by atoms with Crippen LogP contribution in [-0.2, 0) is 11.3 Å². The Balaban J connectivity index is 1.35. The van der Waals surface area contributed by atoms with Crippen molar-refractivity contribution in [2.45, 2.75) is 37.3 Å². The lowest BCUT2D eigenvalue weighted by Gasteiger charge is -2.38. The van der Waals surface area contributed by atoms with Crippen molar-refractivity contribution in [1.82, 2.24) is 14.9 Å². The van der Waals surface area contributed by atoms with Crippen LogP contribution in [0.3, 0.4) is 0 Å². The number of pyridine rings is 1. The second-order valence-corrected chi connectivity index (χ2v) is 7.36. The van der Waals surface area contributed by atoms with E-state index in [4.69, 9.17) is 4.74 Å². The normalized spacial score (nSPS) is 24.8. The highest BCUT2D eigenvalue weighted by atomic mass is 32.1. The largest absolute Gasteiger partial charge is 0.374 e. The fraction of sp³-hybridized carbons (Fsp3) is 0.529. The zero-order valence-corrected chi connectivity index (χ0v) is 13.5. The second-order valence-electron chi connectivity index (χ2n) is 6.38. The highest BCUT2D eigenvalue weighted by Gasteiger charge is 2.43. The maximum absolute atomic E-state index is 6.26. The summed E-state index contributed by atoms with van der Waals surface area (Å²) in [6.45, 7) is 4.05. The first-order chi connectivity index (χ1) is 10.8. The molecule has 0 amide bonds. The van der Waals surface area contributed by atoms with Crippen LogP contribution in [0.15, 0.2) is 36.1 Å². The molecule has 1 spiro atoms. The highest BCUT2D eigenvalue weighted by molar-refractivity contribution is 7.09. The molecule has 2 aromatic heterocycles. The Labute approximate surface area is 135 Å². The third-order valence-corrected chi connectivity index (χ3v) is 5.74. The summed E-state index contributed by atoms with van der Waals surface area (Å²) in [7, 11) is 0. The van der Waals surface area contributed by atoms with Gasteiger partial charge in [0.25, 0.3) is 0 Å². The molecule has 4 heterocycles. The number of hydrogen-bond donors (Lipinski definition) is 0. The molecule has 2 aliphatic heterocycles. The minimum atomic E-state index is 0.0971. The van der Waals surface area contributed by atoms with Crippen molar-refractivity contribution in [2.75, 3.05) is 19.7 Å². The van der Waals surface area contributed by atoms with Crippen molar-refractivity contribution in [3.63, 3.8) is 0 Å². The van der Waals surface area contributed by atoms with Crippen molar-refractivity contribution in [3.05, 3.63) is 46.7 Å². The first-order valence-electron chi connectivity index (χ1n) is 7.98. The van der Waals surface area contributed by atoms with Gasteiger partial charge in [0.05, 0.1) is 18.8 Å². The molecule has 1 unspecified atom stereocenters. The minimum absolute atomic E-state index is 0.0971. The zero-order valence-electron chi connectivity index (χ0n) is 12.6. The lowest BCUT2D eigenvalue weighted by atomic mass is 9.83. The molecule has 116 valence electrons. The first-order valence-corrected chi connectivity index (χ1v) is 8.86. The molecule has 0 N–H and O–H groups in total. The van der Waals surface area contributed by atoms with Crippen LogP contribution in [0.4, 0.5) is 0 Å². The predicted molar refractivity (Wildman–Crippen MR) is 86.9 cm³/mol. The maximum atomic E-state index is 6.26. The summed E-state index contributed by atoms with van der Waals surface area (Å²) in [6, 6.07) is 4.20. The van der Waals surface area contributed by atoms with Crippen LogP contribution < -0.4 is 0 Å². The van der Waals surface area contributed by atoms with Crippen LogP contribution in [0, 0.1) is 0 Å². The van der Waals surface area contributed by atoms with Crippen LogP contribution in [0.5, 0.6) is 0 Å². The van der Waals surface area contributed by atoms with Gasteiger partial charge in [0.2, 0.25) is 0 Å². The van der Waals surface area contributed by atoms with Crippen LogP contribution in [0.25, 0.3) is 0 Å². The van der Waals surface area contributed by atoms with Crippen LogP contribution in [-0.4, -0.2) is 40.2 Å². The van der Waals surface area contributed by atoms with Crippen molar-refractivity contribution < 1.29 is 4.74 Å². The number of hydrogen-bond acceptors (Lipinski definition) is 5. The highest BCUT2D eigenvalue weighted by Crippen LogP contribution is 2.42. The fourth-order valence-corrected chi connectivity index (χ4v) is 4.32. The third-order valence-electron chi connectivity index (χ3n) is 4.97. The summed E-state index contributed by atoms with van der Waals surface area (Å²) < 4.78 is 6.26. The van der Waals surface area contributed by atoms with Gasteiger partial charge in [-0.15, -0.1) is 11.3 Å². The Morgan fingerprint density at radius 3 is 2.95 bits per heavy atom. The van der Waals surface area contributed by atoms with Crippen LogP contribution in [0.2, 0.25) is 0 Å². The summed E-state index contributed by atoms with van der Waals surface area (Å²) in [5, 5.41) is 3.27. The SMILES string of the molecule is c1cncc(C2COC3(CCN(Cc4nccs4)CC3)C2)c1. The average Bonchev–Trinajstić information content (AvgIpc) is 3.21. The third kappa shape index (κ3) is 2.93. The zero-order chi connectivity index (χ0) is 14.8. The van der Waals surface area contributed by atoms with E-state index in [2.05, 4.69) is 26.3 Å². The molecule has 0 aliphatic carbocycles. The van der Waals surface area contributed by atoms with Gasteiger partial charge in [-0.3, -0.25) is 9.88 Å². The summed E-state index contributed by atoms with van der Waals surface area (Å²) in [6.07, 6.45) is 9.13. The van der Waals surface area contributed by atoms with Gasteiger partial charge >= 0.3 is 0 Å². The summed E-state index contributed by atoms with van der Waals surface area (Å²) in [5.41, 5.74) is 1.42. The monoisotopic (exact) mass is 315 g/mol. The number of ether oxygens (including phenoxy) is 1. The van der Waals surface area contributed by atoms with Crippen molar-refractivity contribution >= 4 is 11.3 Å². The van der Waals surface area contributed by atoms with Crippen molar-refractivity contribution in [3.8, 4) is 0 Å². The summed E-state index contributed by atoms with van der Waals surface area (Å²) >= 11 is 1.75. The van der Waals surface area contributed by atoms with Gasteiger partial charge in [-0.25, -0.2) is 4.98 Å². The summed E-state index contributed by atoms with van der Waals surface area (Å²) in [4.78, 5) is 11.1. The molecule has 0 bridgehead atoms. The Kier molecular flexibility index (Phi) is 3.94. The number of piperidine rings is 1. The lowest BCUT2D eigenvalue weighted by molar-refractivity contribution is -0.0448. The van der Waals surface area contributed by atoms with Crippen LogP contribution in [0.1, 0.15) is 35.8 Å². The molecule has 0 radical (unpaired) electrons. The van der Waals surface area contributed by atoms with Crippen molar-refractivity contribution in [1.29, 1.82) is 0 Å².